The lowest BCUT2D eigenvalue weighted by atomic mass is 10.2. The molecule has 3 rings (SSSR count). The summed E-state index contributed by atoms with van der Waals surface area (Å²) >= 11 is 0. The number of fused-ring (bicyclic) bond motifs is 1. The monoisotopic (exact) mass is 271 g/mol. The third-order valence-electron chi connectivity index (χ3n) is 2.77. The number of hydrogen-bond donors (Lipinski definition) is 1. The quantitative estimate of drug-likeness (QED) is 0.771. The summed E-state index contributed by atoms with van der Waals surface area (Å²) in [6.45, 7) is 1.77. The zero-order valence-electron chi connectivity index (χ0n) is 10.5. The average molecular weight is 271 g/mol. The summed E-state index contributed by atoms with van der Waals surface area (Å²) in [5, 5.41) is 6.58. The third-order valence-corrected chi connectivity index (χ3v) is 2.77. The molecule has 1 amide bonds. The normalized spacial score (nSPS) is 10.7. The number of amides is 1. The number of hydrogen-bond acceptors (Lipinski definition) is 4. The largest absolute Gasteiger partial charge is 0.319 e. The Kier molecular flexibility index (Phi) is 2.86. The first kappa shape index (κ1) is 12.2. The molecule has 1 aromatic carbocycles. The van der Waals surface area contributed by atoms with Gasteiger partial charge in [-0.3, -0.25) is 4.79 Å². The predicted molar refractivity (Wildman–Crippen MR) is 69.9 cm³/mol. The molecular formula is C13H10FN5O. The predicted octanol–water partition coefficient (Wildman–Crippen LogP) is 1.82. The summed E-state index contributed by atoms with van der Waals surface area (Å²) in [6.07, 6.45) is 3.20. The van der Waals surface area contributed by atoms with Gasteiger partial charge in [-0.05, 0) is 30.7 Å². The maximum atomic E-state index is 13.2. The molecule has 0 unspecified atom stereocenters. The molecule has 3 aromatic rings. The van der Waals surface area contributed by atoms with Crippen molar-refractivity contribution in [1.82, 2.24) is 19.6 Å². The van der Waals surface area contributed by atoms with Crippen molar-refractivity contribution in [2.75, 3.05) is 5.32 Å². The summed E-state index contributed by atoms with van der Waals surface area (Å²) in [5.41, 5.74) is 1.14. The topological polar surface area (TPSA) is 72.2 Å². The van der Waals surface area contributed by atoms with E-state index in [1.807, 2.05) is 0 Å². The van der Waals surface area contributed by atoms with Crippen molar-refractivity contribution >= 4 is 17.4 Å². The number of rotatable bonds is 2. The van der Waals surface area contributed by atoms with E-state index < -0.39 is 11.7 Å². The number of aryl methyl sites for hydroxylation is 1. The van der Waals surface area contributed by atoms with Crippen LogP contribution in [0.25, 0.3) is 5.78 Å². The summed E-state index contributed by atoms with van der Waals surface area (Å²) in [7, 11) is 0. The van der Waals surface area contributed by atoms with Gasteiger partial charge in [0.1, 0.15) is 5.82 Å². The Bertz CT molecular complexity index is 765. The number of nitrogens with zero attached hydrogens (tertiary/aromatic N) is 4. The van der Waals surface area contributed by atoms with Crippen molar-refractivity contribution in [3.63, 3.8) is 0 Å². The van der Waals surface area contributed by atoms with Crippen molar-refractivity contribution < 1.29 is 9.18 Å². The van der Waals surface area contributed by atoms with Crippen LogP contribution in [-0.2, 0) is 0 Å². The lowest BCUT2D eigenvalue weighted by Crippen LogP contribution is -2.14. The van der Waals surface area contributed by atoms with Crippen LogP contribution in [0.2, 0.25) is 0 Å². The molecule has 100 valence electrons. The molecule has 2 heterocycles. The van der Waals surface area contributed by atoms with E-state index in [-0.39, 0.29) is 5.82 Å². The fourth-order valence-electron chi connectivity index (χ4n) is 1.74. The molecule has 0 radical (unpaired) electrons. The van der Waals surface area contributed by atoms with Crippen LogP contribution in [0.15, 0.2) is 36.7 Å². The van der Waals surface area contributed by atoms with Gasteiger partial charge in [-0.2, -0.15) is 4.98 Å². The van der Waals surface area contributed by atoms with E-state index in [4.69, 9.17) is 0 Å². The van der Waals surface area contributed by atoms with E-state index >= 15 is 0 Å². The first-order chi connectivity index (χ1) is 9.63. The highest BCUT2D eigenvalue weighted by Gasteiger charge is 2.14. The SMILES string of the molecule is Cc1ccc(F)cc1NC(=O)c1nc2ncccn2n1. The van der Waals surface area contributed by atoms with Gasteiger partial charge in [0, 0.05) is 18.1 Å². The van der Waals surface area contributed by atoms with Crippen LogP contribution in [0.3, 0.4) is 0 Å². The van der Waals surface area contributed by atoms with Gasteiger partial charge in [0.25, 0.3) is 11.7 Å². The van der Waals surface area contributed by atoms with Crippen molar-refractivity contribution in [3.05, 3.63) is 53.9 Å². The van der Waals surface area contributed by atoms with Gasteiger partial charge in [0.15, 0.2) is 0 Å². The molecule has 0 aliphatic heterocycles. The fraction of sp³-hybridized carbons (Fsp3) is 0.0769. The zero-order valence-corrected chi connectivity index (χ0v) is 10.5. The lowest BCUT2D eigenvalue weighted by Gasteiger charge is -2.06. The second kappa shape index (κ2) is 4.69. The van der Waals surface area contributed by atoms with E-state index in [1.54, 1.807) is 31.5 Å². The Morgan fingerprint density at radius 1 is 1.40 bits per heavy atom. The van der Waals surface area contributed by atoms with E-state index in [0.29, 0.717) is 11.5 Å². The van der Waals surface area contributed by atoms with Gasteiger partial charge in [-0.25, -0.2) is 13.9 Å². The molecule has 1 N–H and O–H groups in total. The van der Waals surface area contributed by atoms with E-state index in [1.165, 1.54) is 16.6 Å². The van der Waals surface area contributed by atoms with Crippen LogP contribution in [0, 0.1) is 12.7 Å². The minimum absolute atomic E-state index is 0.0210. The number of aromatic nitrogens is 4. The molecule has 20 heavy (non-hydrogen) atoms. The summed E-state index contributed by atoms with van der Waals surface area (Å²) in [5.74, 6) is -0.624. The van der Waals surface area contributed by atoms with Crippen LogP contribution in [0.5, 0.6) is 0 Å². The van der Waals surface area contributed by atoms with Crippen molar-refractivity contribution in [2.24, 2.45) is 0 Å². The number of anilines is 1. The van der Waals surface area contributed by atoms with Crippen molar-refractivity contribution in [2.45, 2.75) is 6.92 Å². The summed E-state index contributed by atoms with van der Waals surface area (Å²) in [4.78, 5) is 20.0. The number of halogens is 1. The Hall–Kier alpha value is -2.83. The average Bonchev–Trinajstić information content (AvgIpc) is 2.87. The van der Waals surface area contributed by atoms with Gasteiger partial charge in [0.05, 0.1) is 0 Å². The minimum atomic E-state index is -0.510. The second-order valence-corrected chi connectivity index (χ2v) is 4.21. The molecule has 0 bridgehead atoms. The number of carbonyl (C=O) groups excluding carboxylic acids is 1. The van der Waals surface area contributed by atoms with Crippen LogP contribution < -0.4 is 5.32 Å². The Labute approximate surface area is 113 Å². The first-order valence-electron chi connectivity index (χ1n) is 5.88. The standard InChI is InChI=1S/C13H10FN5O/c1-8-3-4-9(14)7-10(8)16-12(20)11-17-13-15-5-2-6-19(13)18-11/h2-7H,1H3,(H,16,20). The van der Waals surface area contributed by atoms with Gasteiger partial charge in [0.2, 0.25) is 5.82 Å². The Morgan fingerprint density at radius 2 is 2.25 bits per heavy atom. The zero-order chi connectivity index (χ0) is 14.1. The van der Waals surface area contributed by atoms with E-state index in [2.05, 4.69) is 20.4 Å². The molecule has 0 spiro atoms. The molecule has 0 aliphatic carbocycles. The molecule has 7 heteroatoms. The molecule has 6 nitrogen and oxygen atoms in total. The molecule has 0 saturated carbocycles. The molecule has 0 saturated heterocycles. The Morgan fingerprint density at radius 3 is 3.05 bits per heavy atom. The highest BCUT2D eigenvalue weighted by atomic mass is 19.1. The van der Waals surface area contributed by atoms with Crippen LogP contribution in [-0.4, -0.2) is 25.5 Å². The fourth-order valence-corrected chi connectivity index (χ4v) is 1.74. The van der Waals surface area contributed by atoms with Crippen molar-refractivity contribution in [3.8, 4) is 0 Å². The highest BCUT2D eigenvalue weighted by Crippen LogP contribution is 2.16. The summed E-state index contributed by atoms with van der Waals surface area (Å²) in [6, 6.07) is 5.85. The van der Waals surface area contributed by atoms with E-state index in [0.717, 1.165) is 5.56 Å². The van der Waals surface area contributed by atoms with E-state index in [9.17, 15) is 9.18 Å². The Balaban J connectivity index is 1.90. The molecule has 0 atom stereocenters. The van der Waals surface area contributed by atoms with Gasteiger partial charge in [-0.1, -0.05) is 6.07 Å². The van der Waals surface area contributed by atoms with Crippen molar-refractivity contribution in [1.29, 1.82) is 0 Å². The second-order valence-electron chi connectivity index (χ2n) is 4.21. The van der Waals surface area contributed by atoms with Gasteiger partial charge in [-0.15, -0.1) is 5.10 Å². The van der Waals surface area contributed by atoms with Crippen LogP contribution in [0.4, 0.5) is 10.1 Å². The maximum absolute atomic E-state index is 13.2. The number of benzene rings is 1. The molecule has 0 aliphatic rings. The lowest BCUT2D eigenvalue weighted by molar-refractivity contribution is 0.101. The highest BCUT2D eigenvalue weighted by molar-refractivity contribution is 6.02. The minimum Gasteiger partial charge on any atom is -0.319 e. The molecule has 2 aromatic heterocycles. The maximum Gasteiger partial charge on any atom is 0.295 e. The smallest absolute Gasteiger partial charge is 0.295 e. The molecular weight excluding hydrogens is 261 g/mol. The first-order valence-corrected chi connectivity index (χ1v) is 5.88. The summed E-state index contributed by atoms with van der Waals surface area (Å²) < 4.78 is 14.6. The van der Waals surface area contributed by atoms with Crippen LogP contribution >= 0.6 is 0 Å². The number of carbonyl (C=O) groups is 1. The van der Waals surface area contributed by atoms with Gasteiger partial charge < -0.3 is 5.32 Å². The van der Waals surface area contributed by atoms with Gasteiger partial charge >= 0.3 is 0 Å². The third kappa shape index (κ3) is 2.20. The number of nitrogens with one attached hydrogen (secondary N) is 1. The molecule has 0 fully saturated rings. The van der Waals surface area contributed by atoms with Crippen LogP contribution in [0.1, 0.15) is 16.2 Å².